The molecule has 1 saturated heterocycles. The summed E-state index contributed by atoms with van der Waals surface area (Å²) >= 11 is 0. The molecule has 0 spiro atoms. The Labute approximate surface area is 156 Å². The molecule has 1 aliphatic heterocycles. The molecule has 0 atom stereocenters. The van der Waals surface area contributed by atoms with Crippen LogP contribution in [-0.2, 0) is 6.54 Å². The third kappa shape index (κ3) is 3.51. The molecular formula is C20H21N4O3. The second-order valence-corrected chi connectivity index (χ2v) is 6.98. The van der Waals surface area contributed by atoms with Crippen molar-refractivity contribution in [3.05, 3.63) is 58.5 Å². The highest BCUT2D eigenvalue weighted by Crippen LogP contribution is 2.24. The molecule has 4 rings (SSSR count). The number of carbonyl (C=O) groups excluding carboxylic acids is 1. The van der Waals surface area contributed by atoms with Crippen molar-refractivity contribution >= 4 is 16.9 Å². The Morgan fingerprint density at radius 1 is 1.30 bits per heavy atom. The number of aliphatic hydroxyl groups excluding tert-OH is 1. The monoisotopic (exact) mass is 365 g/mol. The molecule has 1 fully saturated rings. The molecule has 3 heterocycles. The van der Waals surface area contributed by atoms with Crippen LogP contribution in [0.1, 0.15) is 18.4 Å². The van der Waals surface area contributed by atoms with E-state index >= 15 is 0 Å². The van der Waals surface area contributed by atoms with Gasteiger partial charge in [0.05, 0.1) is 17.4 Å². The number of benzene rings is 1. The van der Waals surface area contributed by atoms with Crippen LogP contribution in [0.3, 0.4) is 0 Å². The predicted molar refractivity (Wildman–Crippen MR) is 102 cm³/mol. The second-order valence-electron chi connectivity index (χ2n) is 6.98. The minimum Gasteiger partial charge on any atom is -0.393 e. The van der Waals surface area contributed by atoms with Crippen molar-refractivity contribution in [1.82, 2.24) is 14.5 Å². The number of hydrogen-bond acceptors (Lipinski definition) is 4. The van der Waals surface area contributed by atoms with Gasteiger partial charge in [0.15, 0.2) is 0 Å². The van der Waals surface area contributed by atoms with Crippen LogP contribution in [0.2, 0.25) is 0 Å². The normalized spacial score (nSPS) is 16.0. The largest absolute Gasteiger partial charge is 0.393 e. The van der Waals surface area contributed by atoms with Gasteiger partial charge < -0.3 is 15.8 Å². The van der Waals surface area contributed by atoms with E-state index in [1.807, 2.05) is 12.1 Å². The second kappa shape index (κ2) is 7.02. The molecule has 1 aliphatic rings. The maximum atomic E-state index is 12.4. The fourth-order valence-corrected chi connectivity index (χ4v) is 3.56. The molecule has 1 aromatic carbocycles. The molecule has 0 bridgehead atoms. The number of carbonyl (C=O) groups is 1. The van der Waals surface area contributed by atoms with E-state index in [2.05, 4.69) is 28.1 Å². The van der Waals surface area contributed by atoms with Crippen LogP contribution in [0.4, 0.5) is 4.79 Å². The number of aromatic amines is 1. The quantitative estimate of drug-likeness (QED) is 0.657. The molecule has 3 aromatic rings. The smallest absolute Gasteiger partial charge is 0.325 e. The third-order valence-electron chi connectivity index (χ3n) is 5.06. The number of nitrogens with zero attached hydrogens (tertiary/aromatic N) is 2. The van der Waals surface area contributed by atoms with Crippen molar-refractivity contribution in [1.29, 1.82) is 0 Å². The Hall–Kier alpha value is -2.90. The van der Waals surface area contributed by atoms with Crippen molar-refractivity contribution < 1.29 is 9.90 Å². The van der Waals surface area contributed by atoms with E-state index < -0.39 is 11.6 Å². The van der Waals surface area contributed by atoms with Crippen LogP contribution < -0.4 is 11.3 Å². The first-order chi connectivity index (χ1) is 13.0. The number of likely N-dealkylation sites (tertiary alicyclic amines) is 1. The minimum absolute atomic E-state index is 0.178. The lowest BCUT2D eigenvalue weighted by molar-refractivity contribution is 0.0792. The summed E-state index contributed by atoms with van der Waals surface area (Å²) in [5, 5.41) is 10.6. The fourth-order valence-electron chi connectivity index (χ4n) is 3.56. The average Bonchev–Trinajstić information content (AvgIpc) is 3.06. The first-order valence-electron chi connectivity index (χ1n) is 8.96. The Bertz CT molecular complexity index is 1040. The maximum absolute atomic E-state index is 12.4. The van der Waals surface area contributed by atoms with E-state index in [9.17, 15) is 14.7 Å². The standard InChI is InChI=1S/C20H21N4O3/c21-20(27)24-7-1-2-16(19(24)26)18-11-14-10-13(3-4-17(14)22-18)12-23-8-5-15(25)6-9-23/h2-4,7,10-11,15,22,25H,5-6,8-9,12H2,(H2,21,27). The van der Waals surface area contributed by atoms with Crippen LogP contribution >= 0.6 is 0 Å². The number of amides is 1. The number of pyridine rings is 1. The third-order valence-corrected chi connectivity index (χ3v) is 5.06. The van der Waals surface area contributed by atoms with Gasteiger partial charge in [0.25, 0.3) is 5.56 Å². The molecule has 0 unspecified atom stereocenters. The summed E-state index contributed by atoms with van der Waals surface area (Å²) < 4.78 is 0.844. The number of nitrogens with two attached hydrogens (primary N) is 1. The van der Waals surface area contributed by atoms with Crippen LogP contribution in [-0.4, -0.2) is 44.8 Å². The highest BCUT2D eigenvalue weighted by atomic mass is 16.3. The molecule has 1 amide bonds. The van der Waals surface area contributed by atoms with E-state index in [4.69, 9.17) is 5.73 Å². The predicted octanol–water partition coefficient (Wildman–Crippen LogP) is 1.68. The van der Waals surface area contributed by atoms with Gasteiger partial charge in [-0.15, -0.1) is 0 Å². The number of aliphatic hydroxyl groups is 1. The zero-order chi connectivity index (χ0) is 19.0. The van der Waals surface area contributed by atoms with Gasteiger partial charge in [-0.1, -0.05) is 6.07 Å². The summed E-state index contributed by atoms with van der Waals surface area (Å²) in [7, 11) is 0. The summed E-state index contributed by atoms with van der Waals surface area (Å²) in [4.78, 5) is 29.4. The number of aromatic nitrogens is 2. The average molecular weight is 365 g/mol. The number of rotatable bonds is 3. The van der Waals surface area contributed by atoms with Gasteiger partial charge in [-0.3, -0.25) is 9.69 Å². The molecule has 0 saturated carbocycles. The van der Waals surface area contributed by atoms with Crippen LogP contribution in [0, 0.1) is 6.07 Å². The molecule has 1 radical (unpaired) electrons. The van der Waals surface area contributed by atoms with E-state index in [0.29, 0.717) is 11.3 Å². The molecule has 27 heavy (non-hydrogen) atoms. The number of H-pyrrole nitrogens is 1. The lowest BCUT2D eigenvalue weighted by Crippen LogP contribution is -2.35. The maximum Gasteiger partial charge on any atom is 0.325 e. The van der Waals surface area contributed by atoms with Gasteiger partial charge in [0.2, 0.25) is 0 Å². The van der Waals surface area contributed by atoms with Crippen molar-refractivity contribution in [3.8, 4) is 11.3 Å². The van der Waals surface area contributed by atoms with E-state index in [0.717, 1.165) is 47.9 Å². The van der Waals surface area contributed by atoms with Crippen LogP contribution in [0.15, 0.2) is 41.3 Å². The number of hydrogen-bond donors (Lipinski definition) is 3. The molecule has 4 N–H and O–H groups in total. The van der Waals surface area contributed by atoms with Gasteiger partial charge in [-0.25, -0.2) is 9.36 Å². The summed E-state index contributed by atoms with van der Waals surface area (Å²) in [6.45, 7) is 2.62. The highest BCUT2D eigenvalue weighted by molar-refractivity contribution is 5.86. The number of nitrogens with one attached hydrogen (secondary N) is 1. The van der Waals surface area contributed by atoms with E-state index in [1.165, 1.54) is 11.8 Å². The van der Waals surface area contributed by atoms with Gasteiger partial charge in [0.1, 0.15) is 0 Å². The summed E-state index contributed by atoms with van der Waals surface area (Å²) in [5.74, 6) is 0. The van der Waals surface area contributed by atoms with Crippen molar-refractivity contribution in [2.75, 3.05) is 13.1 Å². The number of piperidine rings is 1. The summed E-state index contributed by atoms with van der Waals surface area (Å²) in [6, 6.07) is 11.5. The van der Waals surface area contributed by atoms with Crippen molar-refractivity contribution in [2.24, 2.45) is 5.73 Å². The number of primary amides is 1. The lowest BCUT2D eigenvalue weighted by atomic mass is 10.1. The molecule has 2 aromatic heterocycles. The first-order valence-corrected chi connectivity index (χ1v) is 8.96. The Balaban J connectivity index is 1.63. The Kier molecular flexibility index (Phi) is 4.55. The highest BCUT2D eigenvalue weighted by Gasteiger charge is 2.17. The topological polar surface area (TPSA) is 104 Å². The Morgan fingerprint density at radius 3 is 2.81 bits per heavy atom. The van der Waals surface area contributed by atoms with E-state index in [-0.39, 0.29) is 6.10 Å². The summed E-state index contributed by atoms with van der Waals surface area (Å²) in [5.41, 5.74) is 7.82. The van der Waals surface area contributed by atoms with Gasteiger partial charge in [-0.2, -0.15) is 0 Å². The van der Waals surface area contributed by atoms with Gasteiger partial charge in [0, 0.05) is 42.8 Å². The lowest BCUT2D eigenvalue weighted by Gasteiger charge is -2.29. The molecule has 0 aliphatic carbocycles. The van der Waals surface area contributed by atoms with Crippen molar-refractivity contribution in [3.63, 3.8) is 0 Å². The van der Waals surface area contributed by atoms with Crippen LogP contribution in [0.25, 0.3) is 22.2 Å². The molecule has 139 valence electrons. The first kappa shape index (κ1) is 17.5. The number of fused-ring (bicyclic) bond motifs is 1. The van der Waals surface area contributed by atoms with Gasteiger partial charge >= 0.3 is 6.03 Å². The minimum atomic E-state index is -0.830. The van der Waals surface area contributed by atoms with Crippen LogP contribution in [0.5, 0.6) is 0 Å². The zero-order valence-corrected chi connectivity index (χ0v) is 14.8. The van der Waals surface area contributed by atoms with Crippen molar-refractivity contribution in [2.45, 2.75) is 25.5 Å². The molecule has 7 nitrogen and oxygen atoms in total. The molecular weight excluding hydrogens is 344 g/mol. The fraction of sp³-hybridized carbons (Fsp3) is 0.300. The van der Waals surface area contributed by atoms with Gasteiger partial charge in [-0.05, 0) is 42.7 Å². The molecule has 7 heteroatoms. The zero-order valence-electron chi connectivity index (χ0n) is 14.8. The summed E-state index contributed by atoms with van der Waals surface area (Å²) in [6.07, 6.45) is 2.69. The SMILES string of the molecule is NC(=O)n1c[c]cc(-c2cc3cc(CN4CCC(O)CC4)ccc3[nH]2)c1=O. The Morgan fingerprint density at radius 2 is 2.07 bits per heavy atom. The van der Waals surface area contributed by atoms with E-state index in [1.54, 1.807) is 6.07 Å².